The van der Waals surface area contributed by atoms with Gasteiger partial charge in [-0.1, -0.05) is 202 Å². The van der Waals surface area contributed by atoms with E-state index in [0.29, 0.717) is 0 Å². The second kappa shape index (κ2) is 15.6. The molecule has 0 atom stereocenters. The number of hydrogen-bond acceptors (Lipinski definition) is 1. The summed E-state index contributed by atoms with van der Waals surface area (Å²) >= 11 is 0. The van der Waals surface area contributed by atoms with E-state index in [1.807, 2.05) is 0 Å². The summed E-state index contributed by atoms with van der Waals surface area (Å²) in [5.41, 5.74) is 21.7. The molecule has 0 unspecified atom stereocenters. The van der Waals surface area contributed by atoms with Gasteiger partial charge in [0.05, 0.1) is 22.4 Å². The lowest BCUT2D eigenvalue weighted by Crippen LogP contribution is -2.15. The summed E-state index contributed by atoms with van der Waals surface area (Å²) in [6.45, 7) is 4.72. The van der Waals surface area contributed by atoms with Crippen molar-refractivity contribution in [1.82, 2.24) is 4.57 Å². The lowest BCUT2D eigenvalue weighted by atomic mass is 9.82. The van der Waals surface area contributed by atoms with Crippen LogP contribution in [0.3, 0.4) is 0 Å². The Hall–Kier alpha value is -8.20. The Morgan fingerprint density at radius 2 is 0.862 bits per heavy atom. The van der Waals surface area contributed by atoms with Crippen molar-refractivity contribution < 1.29 is 0 Å². The largest absolute Gasteiger partial charge is 0.309 e. The number of hydrogen-bond donors (Lipinski definition) is 0. The zero-order valence-electron chi connectivity index (χ0n) is 36.5. The van der Waals surface area contributed by atoms with E-state index in [4.69, 9.17) is 0 Å². The van der Waals surface area contributed by atoms with Gasteiger partial charge in [0.2, 0.25) is 0 Å². The Bertz CT molecular complexity index is 3560. The molecule has 1 heterocycles. The predicted molar refractivity (Wildman–Crippen MR) is 275 cm³/mol. The van der Waals surface area contributed by atoms with E-state index in [0.717, 1.165) is 28.3 Å². The van der Waals surface area contributed by atoms with Gasteiger partial charge in [-0.25, -0.2) is 0 Å². The van der Waals surface area contributed by atoms with Crippen molar-refractivity contribution in [3.05, 3.63) is 254 Å². The fourth-order valence-corrected chi connectivity index (χ4v) is 10.6. The molecule has 0 radical (unpaired) electrons. The average molecular weight is 831 g/mol. The van der Waals surface area contributed by atoms with Crippen LogP contribution in [0.4, 0.5) is 17.1 Å². The SMILES string of the molecule is CC1(C)c2ccccc2-c2c(-c3ccccc3N(c3ccc(-c4ccc5c(c4)c4ccccc4n5-c4ccccc4)cc3)c3ccccc3-c3ccccc3-c3ccccc3)cccc21. The third-order valence-electron chi connectivity index (χ3n) is 13.6. The second-order valence-electron chi connectivity index (χ2n) is 17.6. The third-order valence-corrected chi connectivity index (χ3v) is 13.6. The van der Waals surface area contributed by atoms with E-state index < -0.39 is 0 Å². The molecule has 0 N–H and O–H groups in total. The predicted octanol–water partition coefficient (Wildman–Crippen LogP) is 17.2. The molecule has 0 saturated carbocycles. The number of fused-ring (bicyclic) bond motifs is 6. The van der Waals surface area contributed by atoms with Gasteiger partial charge in [0.25, 0.3) is 0 Å². The van der Waals surface area contributed by atoms with Crippen molar-refractivity contribution in [1.29, 1.82) is 0 Å². The van der Waals surface area contributed by atoms with Crippen molar-refractivity contribution >= 4 is 38.9 Å². The fraction of sp³-hybridized carbons (Fsp3) is 0.0476. The van der Waals surface area contributed by atoms with E-state index in [1.54, 1.807) is 0 Å². The molecule has 11 aromatic rings. The summed E-state index contributed by atoms with van der Waals surface area (Å²) < 4.78 is 2.38. The smallest absolute Gasteiger partial charge is 0.0541 e. The normalized spacial score (nSPS) is 12.6. The van der Waals surface area contributed by atoms with Crippen molar-refractivity contribution in [2.24, 2.45) is 0 Å². The van der Waals surface area contributed by atoms with Crippen LogP contribution in [-0.2, 0) is 5.41 Å². The number of para-hydroxylation sites is 4. The first-order valence-corrected chi connectivity index (χ1v) is 22.6. The highest BCUT2D eigenvalue weighted by molar-refractivity contribution is 6.10. The second-order valence-corrected chi connectivity index (χ2v) is 17.6. The van der Waals surface area contributed by atoms with Crippen LogP contribution in [0.5, 0.6) is 0 Å². The summed E-state index contributed by atoms with van der Waals surface area (Å²) in [4.78, 5) is 2.48. The fourth-order valence-electron chi connectivity index (χ4n) is 10.6. The zero-order chi connectivity index (χ0) is 43.5. The van der Waals surface area contributed by atoms with Gasteiger partial charge in [-0.15, -0.1) is 0 Å². The number of nitrogens with zero attached hydrogens (tertiary/aromatic N) is 2. The van der Waals surface area contributed by atoms with Gasteiger partial charge in [-0.3, -0.25) is 0 Å². The molecule has 1 aliphatic carbocycles. The highest BCUT2D eigenvalue weighted by Crippen LogP contribution is 2.54. The van der Waals surface area contributed by atoms with E-state index in [2.05, 4.69) is 266 Å². The Kier molecular flexibility index (Phi) is 9.21. The lowest BCUT2D eigenvalue weighted by molar-refractivity contribution is 0.660. The minimum Gasteiger partial charge on any atom is -0.309 e. The quantitative estimate of drug-likeness (QED) is 0.148. The van der Waals surface area contributed by atoms with Crippen LogP contribution in [-0.4, -0.2) is 4.57 Å². The standard InChI is InChI=1S/C63H46N2/c1-63(2)56-31-15-11-29-54(56)62-53(30-19-32-57(62)63)51-27-13-17-34-59(51)65(58-33-16-12-26-50(58)49-25-10-9-24-48(49)44-20-5-3-6-21-44)47-39-36-43(37-40-47)45-38-41-61-55(42-45)52-28-14-18-35-60(52)64(61)46-22-7-4-8-23-46/h3-42H,1-2H3. The molecule has 10 aromatic carbocycles. The first-order chi connectivity index (χ1) is 32.0. The van der Waals surface area contributed by atoms with Crippen LogP contribution in [0, 0.1) is 0 Å². The first kappa shape index (κ1) is 38.5. The number of anilines is 3. The maximum absolute atomic E-state index is 2.48. The molecule has 0 spiro atoms. The topological polar surface area (TPSA) is 8.17 Å². The molecule has 0 saturated heterocycles. The highest BCUT2D eigenvalue weighted by Gasteiger charge is 2.37. The maximum atomic E-state index is 2.48. The molecule has 12 rings (SSSR count). The Labute approximate surface area is 381 Å². The van der Waals surface area contributed by atoms with E-state index in [1.165, 1.54) is 83.0 Å². The van der Waals surface area contributed by atoms with Crippen LogP contribution in [0.2, 0.25) is 0 Å². The minimum absolute atomic E-state index is 0.111. The number of aromatic nitrogens is 1. The zero-order valence-corrected chi connectivity index (χ0v) is 36.5. The lowest BCUT2D eigenvalue weighted by Gasteiger charge is -2.31. The van der Waals surface area contributed by atoms with Gasteiger partial charge in [0.1, 0.15) is 0 Å². The van der Waals surface area contributed by atoms with E-state index >= 15 is 0 Å². The summed E-state index contributed by atoms with van der Waals surface area (Å²) in [5.74, 6) is 0. The molecule has 0 bridgehead atoms. The van der Waals surface area contributed by atoms with Gasteiger partial charge in [0, 0.05) is 38.7 Å². The van der Waals surface area contributed by atoms with Gasteiger partial charge in [-0.2, -0.15) is 0 Å². The van der Waals surface area contributed by atoms with Gasteiger partial charge < -0.3 is 9.47 Å². The molecule has 308 valence electrons. The molecule has 65 heavy (non-hydrogen) atoms. The number of rotatable bonds is 8. The Morgan fingerprint density at radius 1 is 0.338 bits per heavy atom. The number of benzene rings is 10. The van der Waals surface area contributed by atoms with E-state index in [-0.39, 0.29) is 5.41 Å². The third kappa shape index (κ3) is 6.32. The molecule has 0 fully saturated rings. The Morgan fingerprint density at radius 3 is 1.60 bits per heavy atom. The summed E-state index contributed by atoms with van der Waals surface area (Å²) in [6.07, 6.45) is 0. The van der Waals surface area contributed by atoms with Gasteiger partial charge >= 0.3 is 0 Å². The molecule has 0 amide bonds. The molecule has 1 aliphatic rings. The van der Waals surface area contributed by atoms with Crippen LogP contribution < -0.4 is 4.90 Å². The van der Waals surface area contributed by atoms with Crippen molar-refractivity contribution in [3.8, 4) is 61.3 Å². The molecule has 1 aromatic heterocycles. The molecule has 0 aliphatic heterocycles. The Balaban J connectivity index is 1.05. The van der Waals surface area contributed by atoms with Crippen molar-refractivity contribution in [3.63, 3.8) is 0 Å². The summed E-state index contributed by atoms with van der Waals surface area (Å²) in [7, 11) is 0. The van der Waals surface area contributed by atoms with Crippen molar-refractivity contribution in [2.45, 2.75) is 19.3 Å². The van der Waals surface area contributed by atoms with Crippen LogP contribution in [0.1, 0.15) is 25.0 Å². The molecule has 2 nitrogen and oxygen atoms in total. The first-order valence-electron chi connectivity index (χ1n) is 22.6. The summed E-state index contributed by atoms with van der Waals surface area (Å²) in [6, 6.07) is 88.8. The monoisotopic (exact) mass is 830 g/mol. The average Bonchev–Trinajstić information content (AvgIpc) is 3.83. The minimum atomic E-state index is -0.111. The van der Waals surface area contributed by atoms with Gasteiger partial charge in [0.15, 0.2) is 0 Å². The van der Waals surface area contributed by atoms with Crippen LogP contribution in [0.15, 0.2) is 243 Å². The van der Waals surface area contributed by atoms with Crippen LogP contribution in [0.25, 0.3) is 83.1 Å². The summed E-state index contributed by atoms with van der Waals surface area (Å²) in [5, 5.41) is 2.49. The maximum Gasteiger partial charge on any atom is 0.0541 e. The molecule has 2 heteroatoms. The highest BCUT2D eigenvalue weighted by atomic mass is 15.1. The van der Waals surface area contributed by atoms with Crippen LogP contribution >= 0.6 is 0 Å². The molecular weight excluding hydrogens is 785 g/mol. The van der Waals surface area contributed by atoms with E-state index in [9.17, 15) is 0 Å². The molecular formula is C63H46N2. The van der Waals surface area contributed by atoms with Gasteiger partial charge in [-0.05, 0) is 110 Å². The van der Waals surface area contributed by atoms with Crippen molar-refractivity contribution in [2.75, 3.05) is 4.90 Å².